The van der Waals surface area contributed by atoms with Gasteiger partial charge in [-0.2, -0.15) is 5.10 Å². The number of carbonyl (C=O) groups excluding carboxylic acids is 1. The second-order valence-corrected chi connectivity index (χ2v) is 6.76. The van der Waals surface area contributed by atoms with Gasteiger partial charge in [-0.05, 0) is 51.5 Å². The van der Waals surface area contributed by atoms with Crippen molar-refractivity contribution >= 4 is 6.03 Å². The third kappa shape index (κ3) is 4.02. The molecule has 0 aliphatic heterocycles. The van der Waals surface area contributed by atoms with E-state index in [9.17, 15) is 4.79 Å². The fraction of sp³-hybridized carbons (Fsp3) is 0.350. The molecule has 7 heteroatoms. The average Bonchev–Trinajstić information content (AvgIpc) is 3.30. The molecule has 0 aliphatic carbocycles. The molecule has 1 aromatic carbocycles. The molecule has 0 radical (unpaired) electrons. The van der Waals surface area contributed by atoms with Crippen molar-refractivity contribution in [3.8, 4) is 5.69 Å². The number of hydrogen-bond acceptors (Lipinski definition) is 4. The van der Waals surface area contributed by atoms with Crippen molar-refractivity contribution in [2.45, 2.75) is 39.8 Å². The summed E-state index contributed by atoms with van der Waals surface area (Å²) in [5, 5.41) is 7.16. The van der Waals surface area contributed by atoms with E-state index in [2.05, 4.69) is 15.4 Å². The van der Waals surface area contributed by atoms with Gasteiger partial charge in [0, 0.05) is 12.6 Å². The predicted molar refractivity (Wildman–Crippen MR) is 103 cm³/mol. The van der Waals surface area contributed by atoms with Gasteiger partial charge in [0.15, 0.2) is 0 Å². The van der Waals surface area contributed by atoms with Crippen LogP contribution in [0.5, 0.6) is 0 Å². The molecule has 7 nitrogen and oxygen atoms in total. The number of nitrogens with zero attached hydrogens (tertiary/aromatic N) is 4. The molecule has 0 aliphatic rings. The van der Waals surface area contributed by atoms with Crippen molar-refractivity contribution < 1.29 is 9.21 Å². The zero-order chi connectivity index (χ0) is 19.6. The normalized spacial score (nSPS) is 13.2. The third-order valence-corrected chi connectivity index (χ3v) is 4.85. The number of amides is 2. The highest BCUT2D eigenvalue weighted by atomic mass is 16.3. The molecule has 2 atom stereocenters. The fourth-order valence-corrected chi connectivity index (χ4v) is 3.09. The Bertz CT molecular complexity index is 899. The number of aryl methyl sites for hydroxylation is 2. The minimum atomic E-state index is -0.131. The van der Waals surface area contributed by atoms with E-state index in [4.69, 9.17) is 4.42 Å². The van der Waals surface area contributed by atoms with E-state index in [1.165, 1.54) is 6.33 Å². The molecule has 27 heavy (non-hydrogen) atoms. The fourth-order valence-electron chi connectivity index (χ4n) is 3.09. The van der Waals surface area contributed by atoms with Crippen molar-refractivity contribution in [3.05, 3.63) is 65.6 Å². The lowest BCUT2D eigenvalue weighted by atomic mass is 10.1. The van der Waals surface area contributed by atoms with Crippen molar-refractivity contribution in [1.82, 2.24) is 25.0 Å². The van der Waals surface area contributed by atoms with E-state index >= 15 is 0 Å². The van der Waals surface area contributed by atoms with Gasteiger partial charge >= 0.3 is 6.03 Å². The van der Waals surface area contributed by atoms with Gasteiger partial charge in [-0.3, -0.25) is 0 Å². The summed E-state index contributed by atoms with van der Waals surface area (Å²) in [4.78, 5) is 18.3. The van der Waals surface area contributed by atoms with Gasteiger partial charge in [-0.1, -0.05) is 12.1 Å². The molecule has 3 aromatic rings. The molecular weight excluding hydrogens is 342 g/mol. The lowest BCUT2D eigenvalue weighted by molar-refractivity contribution is 0.191. The van der Waals surface area contributed by atoms with Crippen molar-refractivity contribution in [1.29, 1.82) is 0 Å². The van der Waals surface area contributed by atoms with Crippen molar-refractivity contribution in [2.75, 3.05) is 7.05 Å². The number of hydrogen-bond donors (Lipinski definition) is 1. The first kappa shape index (κ1) is 18.7. The average molecular weight is 367 g/mol. The highest BCUT2D eigenvalue weighted by molar-refractivity contribution is 5.75. The minimum Gasteiger partial charge on any atom is -0.466 e. The summed E-state index contributed by atoms with van der Waals surface area (Å²) in [5.74, 6) is 1.68. The van der Waals surface area contributed by atoms with Gasteiger partial charge in [0.1, 0.15) is 24.2 Å². The van der Waals surface area contributed by atoms with Gasteiger partial charge in [0.25, 0.3) is 0 Å². The molecule has 0 bridgehead atoms. The summed E-state index contributed by atoms with van der Waals surface area (Å²) in [7, 11) is 1.80. The number of rotatable bonds is 5. The van der Waals surface area contributed by atoms with Crippen LogP contribution in [-0.2, 0) is 0 Å². The Morgan fingerprint density at radius 2 is 1.93 bits per heavy atom. The van der Waals surface area contributed by atoms with Gasteiger partial charge in [-0.25, -0.2) is 14.5 Å². The molecular formula is C20H25N5O2. The molecule has 142 valence electrons. The number of aromatic nitrogens is 3. The number of carbonyl (C=O) groups is 1. The van der Waals surface area contributed by atoms with E-state index in [1.54, 1.807) is 23.0 Å². The van der Waals surface area contributed by atoms with E-state index in [0.29, 0.717) is 0 Å². The largest absolute Gasteiger partial charge is 0.466 e. The number of nitrogens with one attached hydrogen (secondary N) is 1. The maximum Gasteiger partial charge on any atom is 0.318 e. The SMILES string of the molecule is Cc1cc(C(C)NC(=O)N(C)C(C)c2ccc(-n3cncn3)cc2)c(C)o1. The molecule has 1 N–H and O–H groups in total. The summed E-state index contributed by atoms with van der Waals surface area (Å²) >= 11 is 0. The third-order valence-electron chi connectivity index (χ3n) is 4.85. The quantitative estimate of drug-likeness (QED) is 0.741. The maximum absolute atomic E-state index is 12.7. The molecule has 2 unspecified atom stereocenters. The number of urea groups is 1. The van der Waals surface area contributed by atoms with Crippen LogP contribution in [0.2, 0.25) is 0 Å². The van der Waals surface area contributed by atoms with Crippen LogP contribution in [0.3, 0.4) is 0 Å². The summed E-state index contributed by atoms with van der Waals surface area (Å²) < 4.78 is 7.26. The van der Waals surface area contributed by atoms with Crippen LogP contribution in [0.15, 0.2) is 47.4 Å². The van der Waals surface area contributed by atoms with Gasteiger partial charge < -0.3 is 14.6 Å². The predicted octanol–water partition coefficient (Wildman–Crippen LogP) is 3.94. The first-order valence-corrected chi connectivity index (χ1v) is 8.92. The van der Waals surface area contributed by atoms with Crippen LogP contribution in [0.1, 0.15) is 48.6 Å². The molecule has 0 fully saturated rings. The zero-order valence-corrected chi connectivity index (χ0v) is 16.3. The lowest BCUT2D eigenvalue weighted by Crippen LogP contribution is -2.40. The summed E-state index contributed by atoms with van der Waals surface area (Å²) in [6.45, 7) is 7.78. The topological polar surface area (TPSA) is 76.2 Å². The van der Waals surface area contributed by atoms with E-state index in [0.717, 1.165) is 28.3 Å². The molecule has 0 saturated carbocycles. The van der Waals surface area contributed by atoms with Crippen LogP contribution < -0.4 is 5.32 Å². The Kier molecular flexibility index (Phi) is 5.30. The minimum absolute atomic E-state index is 0.0748. The molecule has 3 rings (SSSR count). The standard InChI is InChI=1S/C20H25N5O2/c1-13-10-19(16(4)27-13)14(2)23-20(26)24(5)15(3)17-6-8-18(9-7-17)25-12-21-11-22-25/h6-12,14-15H,1-5H3,(H,23,26). The Labute approximate surface area is 159 Å². The van der Waals surface area contributed by atoms with Crippen molar-refractivity contribution in [3.63, 3.8) is 0 Å². The molecule has 0 spiro atoms. The van der Waals surface area contributed by atoms with E-state index in [-0.39, 0.29) is 18.1 Å². The van der Waals surface area contributed by atoms with E-state index in [1.807, 2.05) is 58.0 Å². The highest BCUT2D eigenvalue weighted by Gasteiger charge is 2.21. The summed E-state index contributed by atoms with van der Waals surface area (Å²) in [5.41, 5.74) is 2.97. The van der Waals surface area contributed by atoms with Crippen molar-refractivity contribution in [2.24, 2.45) is 0 Å². The Morgan fingerprint density at radius 1 is 1.22 bits per heavy atom. The van der Waals surface area contributed by atoms with Crippen LogP contribution >= 0.6 is 0 Å². The first-order chi connectivity index (χ1) is 12.9. The molecule has 0 saturated heterocycles. The number of benzene rings is 1. The van der Waals surface area contributed by atoms with Gasteiger partial charge in [-0.15, -0.1) is 0 Å². The maximum atomic E-state index is 12.7. The smallest absolute Gasteiger partial charge is 0.318 e. The van der Waals surface area contributed by atoms with Crippen LogP contribution in [0.4, 0.5) is 4.79 Å². The summed E-state index contributed by atoms with van der Waals surface area (Å²) in [6, 6.07) is 9.56. The van der Waals surface area contributed by atoms with Crippen LogP contribution in [-0.4, -0.2) is 32.7 Å². The second-order valence-electron chi connectivity index (χ2n) is 6.76. The van der Waals surface area contributed by atoms with Crippen LogP contribution in [0.25, 0.3) is 5.69 Å². The zero-order valence-electron chi connectivity index (χ0n) is 16.3. The highest BCUT2D eigenvalue weighted by Crippen LogP contribution is 2.23. The number of furan rings is 1. The molecule has 2 amide bonds. The monoisotopic (exact) mass is 367 g/mol. The Hall–Kier alpha value is -3.09. The lowest BCUT2D eigenvalue weighted by Gasteiger charge is -2.27. The van der Waals surface area contributed by atoms with Gasteiger partial charge in [0.05, 0.1) is 17.8 Å². The Morgan fingerprint density at radius 3 is 2.48 bits per heavy atom. The van der Waals surface area contributed by atoms with E-state index < -0.39 is 0 Å². The first-order valence-electron chi connectivity index (χ1n) is 8.92. The van der Waals surface area contributed by atoms with Gasteiger partial charge in [0.2, 0.25) is 0 Å². The molecule has 2 aromatic heterocycles. The van der Waals surface area contributed by atoms with Crippen LogP contribution in [0, 0.1) is 13.8 Å². The molecule has 2 heterocycles. The second kappa shape index (κ2) is 7.65. The summed E-state index contributed by atoms with van der Waals surface area (Å²) in [6.07, 6.45) is 3.15. The Balaban J connectivity index is 1.66.